The Kier molecular flexibility index (Phi) is 3.64. The van der Waals surface area contributed by atoms with Crippen LogP contribution in [-0.2, 0) is 4.79 Å². The number of hydrogen-bond acceptors (Lipinski definition) is 3. The molecule has 4 nitrogen and oxygen atoms in total. The number of benzene rings is 1. The van der Waals surface area contributed by atoms with E-state index in [1.807, 2.05) is 0 Å². The standard InChI is InChI=1S/C13H17NO3/c14-12(13(15)16)9-5-7-11(8-6-9)17-10-3-1-2-4-10/h5-8,10,12H,1-4,14H2,(H,15,16). The molecule has 1 saturated carbocycles. The van der Waals surface area contributed by atoms with E-state index in [4.69, 9.17) is 15.6 Å². The van der Waals surface area contributed by atoms with Crippen LogP contribution in [0.2, 0.25) is 0 Å². The van der Waals surface area contributed by atoms with Gasteiger partial charge in [-0.15, -0.1) is 0 Å². The van der Waals surface area contributed by atoms with Gasteiger partial charge in [0.1, 0.15) is 11.8 Å². The molecule has 4 heteroatoms. The molecule has 2 rings (SSSR count). The van der Waals surface area contributed by atoms with E-state index in [2.05, 4.69) is 0 Å². The van der Waals surface area contributed by atoms with Crippen LogP contribution < -0.4 is 10.5 Å². The van der Waals surface area contributed by atoms with E-state index >= 15 is 0 Å². The lowest BCUT2D eigenvalue weighted by molar-refractivity contribution is -0.138. The van der Waals surface area contributed by atoms with Crippen LogP contribution in [0.4, 0.5) is 0 Å². The molecule has 0 radical (unpaired) electrons. The molecule has 0 amide bonds. The fraction of sp³-hybridized carbons (Fsp3) is 0.462. The van der Waals surface area contributed by atoms with Crippen LogP contribution in [0.25, 0.3) is 0 Å². The number of rotatable bonds is 4. The van der Waals surface area contributed by atoms with Gasteiger partial charge in [-0.05, 0) is 43.4 Å². The molecular weight excluding hydrogens is 218 g/mol. The van der Waals surface area contributed by atoms with Crippen molar-refractivity contribution < 1.29 is 14.6 Å². The Morgan fingerprint density at radius 3 is 2.41 bits per heavy atom. The van der Waals surface area contributed by atoms with Crippen LogP contribution in [0.5, 0.6) is 5.75 Å². The molecule has 1 unspecified atom stereocenters. The molecule has 1 fully saturated rings. The van der Waals surface area contributed by atoms with Crippen LogP contribution in [0, 0.1) is 0 Å². The Morgan fingerprint density at radius 1 is 1.29 bits per heavy atom. The molecule has 3 N–H and O–H groups in total. The van der Waals surface area contributed by atoms with Gasteiger partial charge in [0.15, 0.2) is 0 Å². The average Bonchev–Trinajstić information content (AvgIpc) is 2.82. The van der Waals surface area contributed by atoms with Gasteiger partial charge < -0.3 is 15.6 Å². The van der Waals surface area contributed by atoms with Gasteiger partial charge in [0.25, 0.3) is 0 Å². The summed E-state index contributed by atoms with van der Waals surface area (Å²) in [6.45, 7) is 0. The van der Waals surface area contributed by atoms with Gasteiger partial charge in [0.2, 0.25) is 0 Å². The van der Waals surface area contributed by atoms with Gasteiger partial charge in [-0.3, -0.25) is 4.79 Å². The summed E-state index contributed by atoms with van der Waals surface area (Å²) in [4.78, 5) is 10.7. The third-order valence-electron chi connectivity index (χ3n) is 3.11. The number of nitrogens with two attached hydrogens (primary N) is 1. The number of aliphatic carboxylic acids is 1. The van der Waals surface area contributed by atoms with Gasteiger partial charge in [-0.1, -0.05) is 12.1 Å². The number of ether oxygens (including phenoxy) is 1. The van der Waals surface area contributed by atoms with Crippen LogP contribution in [-0.4, -0.2) is 17.2 Å². The Labute approximate surface area is 100 Å². The van der Waals surface area contributed by atoms with Crippen molar-refractivity contribution in [3.05, 3.63) is 29.8 Å². The first kappa shape index (κ1) is 11.9. The van der Waals surface area contributed by atoms with Crippen molar-refractivity contribution in [1.29, 1.82) is 0 Å². The van der Waals surface area contributed by atoms with Crippen molar-refractivity contribution >= 4 is 5.97 Å². The van der Waals surface area contributed by atoms with E-state index in [1.54, 1.807) is 24.3 Å². The first-order valence-electron chi connectivity index (χ1n) is 5.92. The van der Waals surface area contributed by atoms with Crippen molar-refractivity contribution in [3.8, 4) is 5.75 Å². The Hall–Kier alpha value is -1.55. The maximum atomic E-state index is 10.7. The molecule has 0 saturated heterocycles. The minimum absolute atomic E-state index is 0.314. The fourth-order valence-electron chi connectivity index (χ4n) is 2.09. The van der Waals surface area contributed by atoms with Crippen molar-refractivity contribution in [2.45, 2.75) is 37.8 Å². The minimum atomic E-state index is -1.02. The smallest absolute Gasteiger partial charge is 0.325 e. The molecule has 1 aliphatic rings. The summed E-state index contributed by atoms with van der Waals surface area (Å²) >= 11 is 0. The molecule has 1 aliphatic carbocycles. The molecule has 0 heterocycles. The van der Waals surface area contributed by atoms with Crippen LogP contribution in [0.1, 0.15) is 37.3 Å². The van der Waals surface area contributed by atoms with Crippen LogP contribution in [0.15, 0.2) is 24.3 Å². The Balaban J connectivity index is 1.99. The fourth-order valence-corrected chi connectivity index (χ4v) is 2.09. The lowest BCUT2D eigenvalue weighted by Gasteiger charge is -2.14. The topological polar surface area (TPSA) is 72.6 Å². The predicted molar refractivity (Wildman–Crippen MR) is 63.9 cm³/mol. The van der Waals surface area contributed by atoms with E-state index in [-0.39, 0.29) is 0 Å². The summed E-state index contributed by atoms with van der Waals surface area (Å²) in [5.41, 5.74) is 6.10. The molecule has 17 heavy (non-hydrogen) atoms. The number of hydrogen-bond donors (Lipinski definition) is 2. The Bertz CT molecular complexity index is 382. The summed E-state index contributed by atoms with van der Waals surface area (Å²) in [5.74, 6) is -0.229. The maximum absolute atomic E-state index is 10.7. The number of carbonyl (C=O) groups is 1. The van der Waals surface area contributed by atoms with Crippen molar-refractivity contribution in [2.24, 2.45) is 5.73 Å². The zero-order valence-corrected chi connectivity index (χ0v) is 9.63. The predicted octanol–water partition coefficient (Wildman–Crippen LogP) is 2.09. The average molecular weight is 235 g/mol. The lowest BCUT2D eigenvalue weighted by Crippen LogP contribution is -2.20. The van der Waals surface area contributed by atoms with Crippen LogP contribution in [0.3, 0.4) is 0 Å². The van der Waals surface area contributed by atoms with Crippen molar-refractivity contribution in [1.82, 2.24) is 0 Å². The first-order valence-corrected chi connectivity index (χ1v) is 5.92. The van der Waals surface area contributed by atoms with Crippen LogP contribution >= 0.6 is 0 Å². The second-order valence-corrected chi connectivity index (χ2v) is 4.41. The number of carboxylic acids is 1. The molecule has 1 aromatic carbocycles. The SMILES string of the molecule is NC(C(=O)O)c1ccc(OC2CCCC2)cc1. The van der Waals surface area contributed by atoms with Gasteiger partial charge in [-0.25, -0.2) is 0 Å². The zero-order valence-electron chi connectivity index (χ0n) is 9.63. The summed E-state index contributed by atoms with van der Waals surface area (Å²) < 4.78 is 5.78. The van der Waals surface area contributed by atoms with E-state index < -0.39 is 12.0 Å². The van der Waals surface area contributed by atoms with Gasteiger partial charge >= 0.3 is 5.97 Å². The third-order valence-corrected chi connectivity index (χ3v) is 3.11. The number of carboxylic acid groups (broad SMARTS) is 1. The summed E-state index contributed by atoms with van der Waals surface area (Å²) in [5, 5.41) is 8.78. The normalized spacial score (nSPS) is 17.9. The largest absolute Gasteiger partial charge is 0.490 e. The molecule has 0 aromatic heterocycles. The van der Waals surface area contributed by atoms with E-state index in [1.165, 1.54) is 12.8 Å². The summed E-state index contributed by atoms with van der Waals surface area (Å²) in [6.07, 6.45) is 4.99. The molecule has 0 aliphatic heterocycles. The van der Waals surface area contributed by atoms with E-state index in [9.17, 15) is 4.79 Å². The van der Waals surface area contributed by atoms with Gasteiger partial charge in [0, 0.05) is 0 Å². The van der Waals surface area contributed by atoms with Crippen molar-refractivity contribution in [2.75, 3.05) is 0 Å². The second-order valence-electron chi connectivity index (χ2n) is 4.41. The van der Waals surface area contributed by atoms with Crippen molar-refractivity contribution in [3.63, 3.8) is 0 Å². The molecule has 92 valence electrons. The second kappa shape index (κ2) is 5.19. The maximum Gasteiger partial charge on any atom is 0.325 e. The highest BCUT2D eigenvalue weighted by molar-refractivity contribution is 5.75. The highest BCUT2D eigenvalue weighted by Crippen LogP contribution is 2.24. The lowest BCUT2D eigenvalue weighted by atomic mass is 10.1. The highest BCUT2D eigenvalue weighted by Gasteiger charge is 2.17. The Morgan fingerprint density at radius 2 is 1.88 bits per heavy atom. The highest BCUT2D eigenvalue weighted by atomic mass is 16.5. The summed E-state index contributed by atoms with van der Waals surface area (Å²) in [6, 6.07) is 6.04. The summed E-state index contributed by atoms with van der Waals surface area (Å²) in [7, 11) is 0. The molecule has 0 bridgehead atoms. The molecular formula is C13H17NO3. The monoisotopic (exact) mass is 235 g/mol. The minimum Gasteiger partial charge on any atom is -0.490 e. The third kappa shape index (κ3) is 2.97. The van der Waals surface area contributed by atoms with E-state index in [0.29, 0.717) is 11.7 Å². The van der Waals surface area contributed by atoms with Gasteiger partial charge in [0.05, 0.1) is 6.10 Å². The molecule has 1 atom stereocenters. The quantitative estimate of drug-likeness (QED) is 0.838. The molecule has 0 spiro atoms. The van der Waals surface area contributed by atoms with E-state index in [0.717, 1.165) is 18.6 Å². The zero-order chi connectivity index (χ0) is 12.3. The molecule has 1 aromatic rings. The van der Waals surface area contributed by atoms with Gasteiger partial charge in [-0.2, -0.15) is 0 Å². The first-order chi connectivity index (χ1) is 8.16.